The highest BCUT2D eigenvalue weighted by Crippen LogP contribution is 2.28. The Labute approximate surface area is 152 Å². The Morgan fingerprint density at radius 2 is 1.85 bits per heavy atom. The van der Waals surface area contributed by atoms with Crippen LogP contribution in [0, 0.1) is 0 Å². The number of aliphatic hydroxyl groups is 2. The molecular formula is C17H17N5O5. The molecule has 1 unspecified atom stereocenters. The summed E-state index contributed by atoms with van der Waals surface area (Å²) in [5.41, 5.74) is -0.0394. The summed E-state index contributed by atoms with van der Waals surface area (Å²) < 4.78 is 7.71. The minimum Gasteiger partial charge on any atom is -0.388 e. The molecule has 1 aromatic carbocycles. The number of aromatic nitrogens is 5. The predicted molar refractivity (Wildman–Crippen MR) is 93.3 cm³/mol. The highest BCUT2D eigenvalue weighted by molar-refractivity contribution is 5.57. The monoisotopic (exact) mass is 371 g/mol. The van der Waals surface area contributed by atoms with Gasteiger partial charge in [-0.15, -0.1) is 5.10 Å². The molecule has 1 aliphatic rings. The maximum Gasteiger partial charge on any atom is 0.330 e. The van der Waals surface area contributed by atoms with Crippen LogP contribution in [0.1, 0.15) is 13.2 Å². The van der Waals surface area contributed by atoms with E-state index >= 15 is 0 Å². The molecule has 4 atom stereocenters. The first-order valence-electron chi connectivity index (χ1n) is 8.31. The molecule has 0 radical (unpaired) electrons. The summed E-state index contributed by atoms with van der Waals surface area (Å²) >= 11 is 0. The number of ether oxygens (including phenoxy) is 1. The van der Waals surface area contributed by atoms with Crippen molar-refractivity contribution >= 4 is 0 Å². The van der Waals surface area contributed by atoms with Crippen LogP contribution >= 0.6 is 0 Å². The van der Waals surface area contributed by atoms with Crippen molar-refractivity contribution in [1.29, 1.82) is 0 Å². The van der Waals surface area contributed by atoms with Gasteiger partial charge in [0, 0.05) is 11.8 Å². The number of hydrogen-bond donors (Lipinski definition) is 3. The molecule has 10 nitrogen and oxygen atoms in total. The van der Waals surface area contributed by atoms with Gasteiger partial charge in [-0.25, -0.2) is 9.48 Å². The van der Waals surface area contributed by atoms with E-state index < -0.39 is 35.8 Å². The van der Waals surface area contributed by atoms with Crippen molar-refractivity contribution in [3.8, 4) is 16.9 Å². The summed E-state index contributed by atoms with van der Waals surface area (Å²) in [6.45, 7) is 1.58. The van der Waals surface area contributed by atoms with Gasteiger partial charge in [0.25, 0.3) is 5.56 Å². The van der Waals surface area contributed by atoms with Crippen LogP contribution in [0.5, 0.6) is 0 Å². The number of hydrogen-bond acceptors (Lipinski definition) is 7. The zero-order chi connectivity index (χ0) is 19.1. The number of H-pyrrole nitrogens is 1. The average molecular weight is 371 g/mol. The van der Waals surface area contributed by atoms with Gasteiger partial charge in [-0.3, -0.25) is 14.3 Å². The zero-order valence-corrected chi connectivity index (χ0v) is 14.3. The first-order chi connectivity index (χ1) is 13.0. The molecule has 2 aromatic heterocycles. The molecule has 4 rings (SSSR count). The molecule has 0 bridgehead atoms. The third-order valence-corrected chi connectivity index (χ3v) is 4.51. The topological polar surface area (TPSA) is 135 Å². The second-order valence-electron chi connectivity index (χ2n) is 6.31. The van der Waals surface area contributed by atoms with Gasteiger partial charge >= 0.3 is 5.69 Å². The van der Waals surface area contributed by atoms with E-state index in [1.807, 2.05) is 30.3 Å². The zero-order valence-electron chi connectivity index (χ0n) is 14.3. The molecule has 27 heavy (non-hydrogen) atoms. The standard InChI is InChI=1S/C17H17N5O5/c1-9-13(23)14(24)16(27-9)21-8-12(15(25)18-17(21)26)22-7-11(19-20-22)10-5-3-2-4-6-10/h2-9,13-14,16,23-24H,1H3,(H,18,25,26)/t9-,13?,14+,16-/m1/s1. The lowest BCUT2D eigenvalue weighted by Crippen LogP contribution is -2.38. The van der Waals surface area contributed by atoms with Crippen LogP contribution in [-0.4, -0.2) is 53.1 Å². The number of nitrogens with one attached hydrogen (secondary N) is 1. The summed E-state index contributed by atoms with van der Waals surface area (Å²) in [4.78, 5) is 26.6. The fraction of sp³-hybridized carbons (Fsp3) is 0.294. The third kappa shape index (κ3) is 2.99. The number of aromatic amines is 1. The quantitative estimate of drug-likeness (QED) is 0.561. The summed E-state index contributed by atoms with van der Waals surface area (Å²) in [5, 5.41) is 28.0. The SMILES string of the molecule is C[C@H]1O[C@@H](n2cc(-n3cc(-c4ccccc4)nn3)c(=O)[nH]c2=O)[C@@H](O)C1O. The van der Waals surface area contributed by atoms with Crippen molar-refractivity contribution in [3.05, 3.63) is 63.6 Å². The molecule has 3 aromatic rings. The molecule has 1 fully saturated rings. The van der Waals surface area contributed by atoms with Gasteiger partial charge in [-0.1, -0.05) is 35.5 Å². The summed E-state index contributed by atoms with van der Waals surface area (Å²) in [6.07, 6.45) is -1.47. The molecular weight excluding hydrogens is 354 g/mol. The molecule has 1 aliphatic heterocycles. The lowest BCUT2D eigenvalue weighted by molar-refractivity contribution is -0.0351. The van der Waals surface area contributed by atoms with E-state index in [1.54, 1.807) is 13.1 Å². The van der Waals surface area contributed by atoms with Crippen LogP contribution in [0.2, 0.25) is 0 Å². The largest absolute Gasteiger partial charge is 0.388 e. The molecule has 10 heteroatoms. The molecule has 0 saturated carbocycles. The van der Waals surface area contributed by atoms with Crippen LogP contribution in [0.4, 0.5) is 0 Å². The molecule has 0 aliphatic carbocycles. The van der Waals surface area contributed by atoms with Gasteiger partial charge in [-0.05, 0) is 6.92 Å². The van der Waals surface area contributed by atoms with Gasteiger partial charge in [-0.2, -0.15) is 0 Å². The Kier molecular flexibility index (Phi) is 4.22. The molecule has 3 N–H and O–H groups in total. The Bertz CT molecular complexity index is 1070. The number of benzene rings is 1. The predicted octanol–water partition coefficient (Wildman–Crippen LogP) is -0.577. The van der Waals surface area contributed by atoms with E-state index in [1.165, 1.54) is 10.9 Å². The molecule has 0 amide bonds. The van der Waals surface area contributed by atoms with E-state index in [0.29, 0.717) is 5.69 Å². The second kappa shape index (κ2) is 6.58. The summed E-state index contributed by atoms with van der Waals surface area (Å²) in [6, 6.07) is 9.28. The summed E-state index contributed by atoms with van der Waals surface area (Å²) in [5.74, 6) is 0. The van der Waals surface area contributed by atoms with Crippen molar-refractivity contribution in [2.24, 2.45) is 0 Å². The van der Waals surface area contributed by atoms with Gasteiger partial charge < -0.3 is 14.9 Å². The van der Waals surface area contributed by atoms with Crippen LogP contribution in [0.15, 0.2) is 52.3 Å². The van der Waals surface area contributed by atoms with E-state index in [-0.39, 0.29) is 5.69 Å². The normalized spacial score (nSPS) is 25.0. The van der Waals surface area contributed by atoms with Crippen LogP contribution in [0.3, 0.4) is 0 Å². The third-order valence-electron chi connectivity index (χ3n) is 4.51. The minimum atomic E-state index is -1.31. The lowest BCUT2D eigenvalue weighted by atomic mass is 10.1. The number of rotatable bonds is 3. The first kappa shape index (κ1) is 17.3. The highest BCUT2D eigenvalue weighted by Gasteiger charge is 2.42. The van der Waals surface area contributed by atoms with Crippen molar-refractivity contribution in [1.82, 2.24) is 24.5 Å². The van der Waals surface area contributed by atoms with E-state index in [0.717, 1.165) is 10.1 Å². The first-order valence-corrected chi connectivity index (χ1v) is 8.31. The van der Waals surface area contributed by atoms with Crippen molar-refractivity contribution in [2.45, 2.75) is 31.5 Å². The fourth-order valence-corrected chi connectivity index (χ4v) is 3.01. The van der Waals surface area contributed by atoms with E-state index in [9.17, 15) is 19.8 Å². The van der Waals surface area contributed by atoms with Gasteiger partial charge in [0.15, 0.2) is 6.23 Å². The number of aliphatic hydroxyl groups excluding tert-OH is 2. The second-order valence-corrected chi connectivity index (χ2v) is 6.31. The van der Waals surface area contributed by atoms with Crippen molar-refractivity contribution in [2.75, 3.05) is 0 Å². The Morgan fingerprint density at radius 1 is 1.11 bits per heavy atom. The smallest absolute Gasteiger partial charge is 0.330 e. The summed E-state index contributed by atoms with van der Waals surface area (Å²) in [7, 11) is 0. The average Bonchev–Trinajstić information content (AvgIpc) is 3.24. The lowest BCUT2D eigenvalue weighted by Gasteiger charge is -2.17. The van der Waals surface area contributed by atoms with E-state index in [4.69, 9.17) is 4.74 Å². The molecule has 0 spiro atoms. The molecule has 1 saturated heterocycles. The van der Waals surface area contributed by atoms with E-state index in [2.05, 4.69) is 15.3 Å². The molecule has 140 valence electrons. The Morgan fingerprint density at radius 3 is 2.52 bits per heavy atom. The molecule has 3 heterocycles. The van der Waals surface area contributed by atoms with Crippen molar-refractivity contribution < 1.29 is 14.9 Å². The fourth-order valence-electron chi connectivity index (χ4n) is 3.01. The highest BCUT2D eigenvalue weighted by atomic mass is 16.6. The Balaban J connectivity index is 1.76. The van der Waals surface area contributed by atoms with Crippen LogP contribution in [0.25, 0.3) is 16.9 Å². The van der Waals surface area contributed by atoms with Crippen LogP contribution < -0.4 is 11.2 Å². The maximum absolute atomic E-state index is 12.3. The van der Waals surface area contributed by atoms with Gasteiger partial charge in [0.1, 0.15) is 23.6 Å². The van der Waals surface area contributed by atoms with Gasteiger partial charge in [0.2, 0.25) is 0 Å². The number of nitrogens with zero attached hydrogens (tertiary/aromatic N) is 4. The van der Waals surface area contributed by atoms with Crippen LogP contribution in [-0.2, 0) is 4.74 Å². The maximum atomic E-state index is 12.3. The Hall–Kier alpha value is -3.08. The van der Waals surface area contributed by atoms with Gasteiger partial charge in [0.05, 0.1) is 12.3 Å². The minimum absolute atomic E-state index is 0.0223. The van der Waals surface area contributed by atoms with Crippen molar-refractivity contribution in [3.63, 3.8) is 0 Å².